The zero-order valence-electron chi connectivity index (χ0n) is 18.3. The maximum absolute atomic E-state index is 12.5. The van der Waals surface area contributed by atoms with Gasteiger partial charge in [0.1, 0.15) is 30.4 Å². The number of methoxy groups -OCH3 is 1. The van der Waals surface area contributed by atoms with Gasteiger partial charge in [0.25, 0.3) is 0 Å². The number of nitrogens with zero attached hydrogens (tertiary/aromatic N) is 1. The molecule has 0 fully saturated rings. The molecule has 1 unspecified atom stereocenters. The van der Waals surface area contributed by atoms with Crippen LogP contribution in [0.2, 0.25) is 0 Å². The molecule has 0 aliphatic rings. The van der Waals surface area contributed by atoms with Gasteiger partial charge >= 0.3 is 0 Å². The van der Waals surface area contributed by atoms with Crippen LogP contribution in [0.25, 0.3) is 0 Å². The van der Waals surface area contributed by atoms with Gasteiger partial charge in [-0.3, -0.25) is 9.10 Å². The Hall–Kier alpha value is -2.94. The molecule has 0 aromatic heterocycles. The van der Waals surface area contributed by atoms with Crippen LogP contribution >= 0.6 is 0 Å². The van der Waals surface area contributed by atoms with Crippen LogP contribution < -0.4 is 23.8 Å². The Labute approximate surface area is 184 Å². The highest BCUT2D eigenvalue weighted by Crippen LogP contribution is 2.22. The third kappa shape index (κ3) is 8.01. The van der Waals surface area contributed by atoms with E-state index in [2.05, 4.69) is 5.32 Å². The van der Waals surface area contributed by atoms with Crippen LogP contribution in [0, 0.1) is 0 Å². The van der Waals surface area contributed by atoms with Crippen LogP contribution in [0.15, 0.2) is 48.5 Å². The first-order valence-corrected chi connectivity index (χ1v) is 11.8. The largest absolute Gasteiger partial charge is 0.497 e. The lowest BCUT2D eigenvalue weighted by Gasteiger charge is -2.23. The second-order valence-electron chi connectivity index (χ2n) is 7.07. The molecule has 0 bridgehead atoms. The first-order valence-electron chi connectivity index (χ1n) is 9.99. The van der Waals surface area contributed by atoms with E-state index in [-0.39, 0.29) is 19.2 Å². The fourth-order valence-electron chi connectivity index (χ4n) is 2.71. The van der Waals surface area contributed by atoms with E-state index in [9.17, 15) is 13.2 Å². The Kier molecular flexibility index (Phi) is 8.99. The van der Waals surface area contributed by atoms with E-state index in [0.29, 0.717) is 23.8 Å². The average Bonchev–Trinajstić information content (AvgIpc) is 2.74. The number of rotatable bonds is 12. The van der Waals surface area contributed by atoms with E-state index >= 15 is 0 Å². The number of benzene rings is 2. The Bertz CT molecular complexity index is 929. The van der Waals surface area contributed by atoms with Gasteiger partial charge in [0.05, 0.1) is 31.7 Å². The standard InChI is InChI=1S/C22H30N2O6S/c1-5-14-29-20-8-6-18(7-9-20)24(31(4,26)27)15-22(25)23-17(2)16-30-21-12-10-19(28-3)11-13-21/h6-13,17H,5,14-16H2,1-4H3,(H,23,25). The molecule has 2 rings (SSSR count). The van der Waals surface area contributed by atoms with Crippen molar-refractivity contribution in [2.24, 2.45) is 0 Å². The molecule has 170 valence electrons. The van der Waals surface area contributed by atoms with E-state index in [1.165, 1.54) is 0 Å². The van der Waals surface area contributed by atoms with E-state index < -0.39 is 15.9 Å². The smallest absolute Gasteiger partial charge is 0.241 e. The fourth-order valence-corrected chi connectivity index (χ4v) is 3.57. The zero-order valence-corrected chi connectivity index (χ0v) is 19.1. The average molecular weight is 451 g/mol. The highest BCUT2D eigenvalue weighted by molar-refractivity contribution is 7.92. The van der Waals surface area contributed by atoms with Gasteiger partial charge < -0.3 is 19.5 Å². The minimum Gasteiger partial charge on any atom is -0.497 e. The van der Waals surface area contributed by atoms with Crippen molar-refractivity contribution in [3.8, 4) is 17.2 Å². The molecule has 1 amide bonds. The number of carbonyl (C=O) groups excluding carboxylic acids is 1. The summed E-state index contributed by atoms with van der Waals surface area (Å²) in [5.74, 6) is 1.58. The molecule has 0 heterocycles. The maximum Gasteiger partial charge on any atom is 0.241 e. The van der Waals surface area contributed by atoms with Crippen molar-refractivity contribution in [1.82, 2.24) is 5.32 Å². The molecule has 0 aliphatic heterocycles. The second-order valence-corrected chi connectivity index (χ2v) is 8.97. The summed E-state index contributed by atoms with van der Waals surface area (Å²) >= 11 is 0. The third-order valence-corrected chi connectivity index (χ3v) is 5.39. The van der Waals surface area contributed by atoms with Crippen LogP contribution in [0.4, 0.5) is 5.69 Å². The van der Waals surface area contributed by atoms with Crippen molar-refractivity contribution in [3.63, 3.8) is 0 Å². The van der Waals surface area contributed by atoms with Crippen molar-refractivity contribution in [3.05, 3.63) is 48.5 Å². The molecule has 0 saturated carbocycles. The Balaban J connectivity index is 1.94. The highest BCUT2D eigenvalue weighted by Gasteiger charge is 2.22. The number of amides is 1. The van der Waals surface area contributed by atoms with Gasteiger partial charge in [-0.15, -0.1) is 0 Å². The summed E-state index contributed by atoms with van der Waals surface area (Å²) in [6.45, 7) is 4.27. The molecule has 0 spiro atoms. The maximum atomic E-state index is 12.5. The van der Waals surface area contributed by atoms with Gasteiger partial charge in [0.15, 0.2) is 0 Å². The molecule has 0 saturated heterocycles. The molecule has 0 radical (unpaired) electrons. The molecule has 31 heavy (non-hydrogen) atoms. The van der Waals surface area contributed by atoms with Crippen LogP contribution in [-0.2, 0) is 14.8 Å². The normalized spacial score (nSPS) is 12.0. The Morgan fingerprint density at radius 1 is 1.00 bits per heavy atom. The van der Waals surface area contributed by atoms with E-state index in [1.54, 1.807) is 62.6 Å². The van der Waals surface area contributed by atoms with Gasteiger partial charge in [0, 0.05) is 0 Å². The predicted octanol–water partition coefficient (Wildman–Crippen LogP) is 2.83. The first-order chi connectivity index (χ1) is 14.7. The Morgan fingerprint density at radius 2 is 1.55 bits per heavy atom. The summed E-state index contributed by atoms with van der Waals surface area (Å²) in [6.07, 6.45) is 1.94. The van der Waals surface area contributed by atoms with Gasteiger partial charge in [0.2, 0.25) is 15.9 Å². The van der Waals surface area contributed by atoms with Crippen LogP contribution in [-0.4, -0.2) is 53.5 Å². The molecular formula is C22H30N2O6S. The van der Waals surface area contributed by atoms with Crippen molar-refractivity contribution < 1.29 is 27.4 Å². The summed E-state index contributed by atoms with van der Waals surface area (Å²) in [5, 5.41) is 2.76. The van der Waals surface area contributed by atoms with Crippen LogP contribution in [0.3, 0.4) is 0 Å². The summed E-state index contributed by atoms with van der Waals surface area (Å²) < 4.78 is 41.8. The van der Waals surface area contributed by atoms with E-state index in [1.807, 2.05) is 6.92 Å². The molecule has 1 atom stereocenters. The number of carbonyl (C=O) groups is 1. The van der Waals surface area contributed by atoms with Crippen molar-refractivity contribution in [2.45, 2.75) is 26.3 Å². The van der Waals surface area contributed by atoms with Gasteiger partial charge in [-0.05, 0) is 61.9 Å². The lowest BCUT2D eigenvalue weighted by molar-refractivity contribution is -0.120. The topological polar surface area (TPSA) is 94.2 Å². The van der Waals surface area contributed by atoms with Crippen LogP contribution in [0.5, 0.6) is 17.2 Å². The minimum absolute atomic E-state index is 0.237. The quantitative estimate of drug-likeness (QED) is 0.534. The number of ether oxygens (including phenoxy) is 3. The van der Waals surface area contributed by atoms with Crippen LogP contribution in [0.1, 0.15) is 20.3 Å². The summed E-state index contributed by atoms with van der Waals surface area (Å²) in [4.78, 5) is 12.5. The molecule has 0 aliphatic carbocycles. The summed E-state index contributed by atoms with van der Waals surface area (Å²) in [7, 11) is -2.07. The van der Waals surface area contributed by atoms with Crippen molar-refractivity contribution >= 4 is 21.6 Å². The summed E-state index contributed by atoms with van der Waals surface area (Å²) in [6, 6.07) is 13.4. The molecule has 8 nitrogen and oxygen atoms in total. The molecule has 2 aromatic rings. The number of nitrogens with one attached hydrogen (secondary N) is 1. The number of sulfonamides is 1. The third-order valence-electron chi connectivity index (χ3n) is 4.25. The molecular weight excluding hydrogens is 420 g/mol. The summed E-state index contributed by atoms with van der Waals surface area (Å²) in [5.41, 5.74) is 0.392. The number of hydrogen-bond donors (Lipinski definition) is 1. The SMILES string of the molecule is CCCOc1ccc(N(CC(=O)NC(C)COc2ccc(OC)cc2)S(C)(=O)=O)cc1. The lowest BCUT2D eigenvalue weighted by Crippen LogP contribution is -2.44. The molecule has 1 N–H and O–H groups in total. The monoisotopic (exact) mass is 450 g/mol. The van der Waals surface area contributed by atoms with E-state index in [0.717, 1.165) is 22.7 Å². The number of hydrogen-bond acceptors (Lipinski definition) is 6. The molecule has 2 aromatic carbocycles. The van der Waals surface area contributed by atoms with Gasteiger partial charge in [-0.2, -0.15) is 0 Å². The lowest BCUT2D eigenvalue weighted by atomic mass is 10.3. The van der Waals surface area contributed by atoms with Gasteiger partial charge in [-0.25, -0.2) is 8.42 Å². The fraction of sp³-hybridized carbons (Fsp3) is 0.409. The highest BCUT2D eigenvalue weighted by atomic mass is 32.2. The minimum atomic E-state index is -3.65. The second kappa shape index (κ2) is 11.5. The zero-order chi connectivity index (χ0) is 22.9. The van der Waals surface area contributed by atoms with Gasteiger partial charge in [-0.1, -0.05) is 6.92 Å². The van der Waals surface area contributed by atoms with Crippen molar-refractivity contribution in [2.75, 3.05) is 37.4 Å². The van der Waals surface area contributed by atoms with E-state index in [4.69, 9.17) is 14.2 Å². The first kappa shape index (κ1) is 24.3. The predicted molar refractivity (Wildman–Crippen MR) is 121 cm³/mol. The Morgan fingerprint density at radius 3 is 2.10 bits per heavy atom. The molecule has 9 heteroatoms. The van der Waals surface area contributed by atoms with Crippen molar-refractivity contribution in [1.29, 1.82) is 0 Å². The number of anilines is 1.